The molecular formula is C19H19N3O2S. The van der Waals surface area contributed by atoms with Gasteiger partial charge in [0.05, 0.1) is 10.8 Å². The van der Waals surface area contributed by atoms with Crippen molar-refractivity contribution in [2.45, 2.75) is 25.7 Å². The molecule has 1 aromatic carbocycles. The lowest BCUT2D eigenvalue weighted by atomic mass is 9.97. The Bertz CT molecular complexity index is 872. The minimum absolute atomic E-state index is 0.0841. The van der Waals surface area contributed by atoms with Crippen molar-refractivity contribution in [1.82, 2.24) is 15.1 Å². The molecule has 0 saturated carbocycles. The number of hydrogen-bond donors (Lipinski definition) is 0. The summed E-state index contributed by atoms with van der Waals surface area (Å²) in [5, 5.41) is 10.4. The highest BCUT2D eigenvalue weighted by Crippen LogP contribution is 2.30. The first-order valence-corrected chi connectivity index (χ1v) is 9.32. The van der Waals surface area contributed by atoms with Crippen molar-refractivity contribution in [1.29, 1.82) is 0 Å². The van der Waals surface area contributed by atoms with Crippen LogP contribution in [0.3, 0.4) is 0 Å². The third kappa shape index (κ3) is 3.22. The van der Waals surface area contributed by atoms with Crippen molar-refractivity contribution >= 4 is 17.2 Å². The van der Waals surface area contributed by atoms with Crippen molar-refractivity contribution in [3.8, 4) is 10.8 Å². The Kier molecular flexibility index (Phi) is 4.36. The molecule has 1 aliphatic rings. The average molecular weight is 353 g/mol. The van der Waals surface area contributed by atoms with Gasteiger partial charge in [0, 0.05) is 18.7 Å². The minimum atomic E-state index is 0.0841. The van der Waals surface area contributed by atoms with E-state index >= 15 is 0 Å². The van der Waals surface area contributed by atoms with Gasteiger partial charge < -0.3 is 9.32 Å². The SMILES string of the molecule is Cc1ccccc1C(=O)N1CCCC(c2nnc(-c3cccs3)o2)C1. The summed E-state index contributed by atoms with van der Waals surface area (Å²) in [4.78, 5) is 15.7. The quantitative estimate of drug-likeness (QED) is 0.710. The highest BCUT2D eigenvalue weighted by molar-refractivity contribution is 7.13. The molecule has 0 N–H and O–H groups in total. The van der Waals surface area contributed by atoms with Gasteiger partial charge in [-0.05, 0) is 42.8 Å². The normalized spacial score (nSPS) is 17.6. The lowest BCUT2D eigenvalue weighted by Crippen LogP contribution is -2.39. The van der Waals surface area contributed by atoms with Crippen LogP contribution >= 0.6 is 11.3 Å². The number of aromatic nitrogens is 2. The molecule has 1 atom stereocenters. The van der Waals surface area contributed by atoms with Crippen molar-refractivity contribution in [2.75, 3.05) is 13.1 Å². The minimum Gasteiger partial charge on any atom is -0.420 e. The van der Waals surface area contributed by atoms with Crippen LogP contribution in [-0.2, 0) is 0 Å². The molecule has 1 saturated heterocycles. The monoisotopic (exact) mass is 353 g/mol. The van der Waals surface area contributed by atoms with E-state index in [1.54, 1.807) is 11.3 Å². The Morgan fingerprint density at radius 1 is 1.24 bits per heavy atom. The molecule has 128 valence electrons. The van der Waals surface area contributed by atoms with Gasteiger partial charge in [0.15, 0.2) is 0 Å². The van der Waals surface area contributed by atoms with Crippen LogP contribution in [0.4, 0.5) is 0 Å². The summed E-state index contributed by atoms with van der Waals surface area (Å²) in [6.45, 7) is 3.37. The summed E-state index contributed by atoms with van der Waals surface area (Å²) >= 11 is 1.58. The zero-order valence-corrected chi connectivity index (χ0v) is 14.8. The number of nitrogens with zero attached hydrogens (tertiary/aromatic N) is 3. The fourth-order valence-corrected chi connectivity index (χ4v) is 3.89. The molecule has 1 fully saturated rings. The number of likely N-dealkylation sites (tertiary alicyclic amines) is 1. The zero-order chi connectivity index (χ0) is 17.2. The predicted molar refractivity (Wildman–Crippen MR) is 96.7 cm³/mol. The first kappa shape index (κ1) is 16.0. The molecule has 0 bridgehead atoms. The first-order chi connectivity index (χ1) is 12.2. The van der Waals surface area contributed by atoms with Gasteiger partial charge in [0.1, 0.15) is 0 Å². The van der Waals surface area contributed by atoms with E-state index in [1.807, 2.05) is 53.6 Å². The lowest BCUT2D eigenvalue weighted by Gasteiger charge is -2.31. The molecule has 1 unspecified atom stereocenters. The predicted octanol–water partition coefficient (Wildman–Crippen LogP) is 4.13. The van der Waals surface area contributed by atoms with E-state index in [9.17, 15) is 4.79 Å². The van der Waals surface area contributed by atoms with Crippen molar-refractivity contribution < 1.29 is 9.21 Å². The maximum atomic E-state index is 12.9. The molecule has 2 aromatic heterocycles. The lowest BCUT2D eigenvalue weighted by molar-refractivity contribution is 0.0697. The standard InChI is InChI=1S/C19H19N3O2S/c1-13-6-2-3-8-15(13)19(23)22-10-4-7-14(12-22)17-20-21-18(24-17)16-9-5-11-25-16/h2-3,5-6,8-9,11,14H,4,7,10,12H2,1H3. The van der Waals surface area contributed by atoms with Crippen molar-refractivity contribution in [2.24, 2.45) is 0 Å². The average Bonchev–Trinajstić information content (AvgIpc) is 3.33. The third-order valence-electron chi connectivity index (χ3n) is 4.61. The van der Waals surface area contributed by atoms with Crippen LogP contribution in [0.25, 0.3) is 10.8 Å². The van der Waals surface area contributed by atoms with Crippen LogP contribution in [0.5, 0.6) is 0 Å². The maximum Gasteiger partial charge on any atom is 0.257 e. The van der Waals surface area contributed by atoms with E-state index in [2.05, 4.69) is 10.2 Å². The van der Waals surface area contributed by atoms with Gasteiger partial charge in [0.2, 0.25) is 5.89 Å². The Balaban J connectivity index is 1.51. The summed E-state index contributed by atoms with van der Waals surface area (Å²) < 4.78 is 5.88. The fourth-order valence-electron chi connectivity index (χ4n) is 3.25. The summed E-state index contributed by atoms with van der Waals surface area (Å²) in [5.41, 5.74) is 1.78. The molecule has 1 aliphatic heterocycles. The number of carbonyl (C=O) groups excluding carboxylic acids is 1. The molecule has 0 spiro atoms. The summed E-state index contributed by atoms with van der Waals surface area (Å²) in [6, 6.07) is 11.7. The van der Waals surface area contributed by atoms with Crippen LogP contribution in [0.15, 0.2) is 46.2 Å². The number of rotatable bonds is 3. The molecule has 5 nitrogen and oxygen atoms in total. The van der Waals surface area contributed by atoms with Crippen LogP contribution in [0.2, 0.25) is 0 Å². The van der Waals surface area contributed by atoms with E-state index in [-0.39, 0.29) is 11.8 Å². The van der Waals surface area contributed by atoms with Gasteiger partial charge in [-0.15, -0.1) is 21.5 Å². The van der Waals surface area contributed by atoms with Gasteiger partial charge in [-0.2, -0.15) is 0 Å². The zero-order valence-electron chi connectivity index (χ0n) is 14.0. The van der Waals surface area contributed by atoms with Gasteiger partial charge in [-0.25, -0.2) is 0 Å². The van der Waals surface area contributed by atoms with Crippen LogP contribution < -0.4 is 0 Å². The number of benzene rings is 1. The molecule has 1 amide bonds. The van der Waals surface area contributed by atoms with Gasteiger partial charge in [-0.1, -0.05) is 24.3 Å². The molecule has 6 heteroatoms. The highest BCUT2D eigenvalue weighted by Gasteiger charge is 2.29. The number of carbonyl (C=O) groups is 1. The molecular weight excluding hydrogens is 334 g/mol. The second kappa shape index (κ2) is 6.80. The number of amides is 1. The van der Waals surface area contributed by atoms with E-state index in [4.69, 9.17) is 4.42 Å². The van der Waals surface area contributed by atoms with Crippen LogP contribution in [0.1, 0.15) is 40.6 Å². The number of piperidine rings is 1. The number of thiophene rings is 1. The highest BCUT2D eigenvalue weighted by atomic mass is 32.1. The fraction of sp³-hybridized carbons (Fsp3) is 0.316. The Hall–Kier alpha value is -2.47. The topological polar surface area (TPSA) is 59.2 Å². The Morgan fingerprint density at radius 3 is 2.92 bits per heavy atom. The summed E-state index contributed by atoms with van der Waals surface area (Å²) in [7, 11) is 0. The van der Waals surface area contributed by atoms with Crippen molar-refractivity contribution in [3.63, 3.8) is 0 Å². The molecule has 25 heavy (non-hydrogen) atoms. The van der Waals surface area contributed by atoms with E-state index < -0.39 is 0 Å². The molecule has 3 aromatic rings. The van der Waals surface area contributed by atoms with Gasteiger partial charge in [0.25, 0.3) is 11.8 Å². The summed E-state index contributed by atoms with van der Waals surface area (Å²) in [6.07, 6.45) is 1.91. The molecule has 3 heterocycles. The van der Waals surface area contributed by atoms with Gasteiger partial charge in [-0.3, -0.25) is 4.79 Å². The maximum absolute atomic E-state index is 12.9. The Labute approximate surface area is 150 Å². The van der Waals surface area contributed by atoms with E-state index in [0.717, 1.165) is 35.4 Å². The van der Waals surface area contributed by atoms with Crippen molar-refractivity contribution in [3.05, 3.63) is 58.8 Å². The van der Waals surface area contributed by atoms with E-state index in [1.165, 1.54) is 0 Å². The largest absolute Gasteiger partial charge is 0.420 e. The Morgan fingerprint density at radius 2 is 2.12 bits per heavy atom. The molecule has 0 aliphatic carbocycles. The second-order valence-corrected chi connectivity index (χ2v) is 7.28. The van der Waals surface area contributed by atoms with E-state index in [0.29, 0.717) is 18.3 Å². The summed E-state index contributed by atoms with van der Waals surface area (Å²) in [5.74, 6) is 1.38. The molecule has 4 rings (SSSR count). The first-order valence-electron chi connectivity index (χ1n) is 8.44. The van der Waals surface area contributed by atoms with Gasteiger partial charge >= 0.3 is 0 Å². The number of aryl methyl sites for hydroxylation is 1. The van der Waals surface area contributed by atoms with Crippen LogP contribution in [-0.4, -0.2) is 34.1 Å². The third-order valence-corrected chi connectivity index (χ3v) is 5.46. The smallest absolute Gasteiger partial charge is 0.257 e. The van der Waals surface area contributed by atoms with Crippen LogP contribution in [0, 0.1) is 6.92 Å². The second-order valence-electron chi connectivity index (χ2n) is 6.33. The molecule has 0 radical (unpaired) electrons. The number of hydrogen-bond acceptors (Lipinski definition) is 5.